The van der Waals surface area contributed by atoms with E-state index in [0.717, 1.165) is 37.9 Å². The first kappa shape index (κ1) is 18.2. The molecule has 0 bridgehead atoms. The zero-order valence-electron chi connectivity index (χ0n) is 10.8. The molecule has 0 spiro atoms. The average molecular weight is 306 g/mol. The van der Waals surface area contributed by atoms with Gasteiger partial charge in [-0.3, -0.25) is 9.78 Å². The molecule has 2 heterocycles. The summed E-state index contributed by atoms with van der Waals surface area (Å²) in [6, 6.07) is 4.07. The van der Waals surface area contributed by atoms with E-state index < -0.39 is 0 Å². The van der Waals surface area contributed by atoms with Gasteiger partial charge in [0.2, 0.25) is 5.91 Å². The van der Waals surface area contributed by atoms with Crippen LogP contribution in [0.15, 0.2) is 24.5 Å². The summed E-state index contributed by atoms with van der Waals surface area (Å²) in [5.74, 6) is 0.219. The number of amides is 1. The highest BCUT2D eigenvalue weighted by Crippen LogP contribution is 2.11. The SMILES string of the molecule is Cl.Cl.NC1CCCN(C(=O)CCc2ccncc2)C1. The van der Waals surface area contributed by atoms with Gasteiger partial charge in [0, 0.05) is 37.9 Å². The number of pyridine rings is 1. The van der Waals surface area contributed by atoms with E-state index in [1.165, 1.54) is 0 Å². The number of aryl methyl sites for hydroxylation is 1. The van der Waals surface area contributed by atoms with Crippen molar-refractivity contribution in [3.05, 3.63) is 30.1 Å². The van der Waals surface area contributed by atoms with Crippen LogP contribution >= 0.6 is 24.8 Å². The highest BCUT2D eigenvalue weighted by molar-refractivity contribution is 5.85. The monoisotopic (exact) mass is 305 g/mol. The van der Waals surface area contributed by atoms with Crippen molar-refractivity contribution in [2.24, 2.45) is 5.73 Å². The fourth-order valence-electron chi connectivity index (χ4n) is 2.20. The Labute approximate surface area is 126 Å². The summed E-state index contributed by atoms with van der Waals surface area (Å²) in [6.45, 7) is 1.58. The third-order valence-electron chi connectivity index (χ3n) is 3.19. The van der Waals surface area contributed by atoms with Crippen LogP contribution in [0.4, 0.5) is 0 Å². The number of aromatic nitrogens is 1. The number of carbonyl (C=O) groups is 1. The molecule has 0 aromatic carbocycles. The third-order valence-corrected chi connectivity index (χ3v) is 3.19. The molecule has 1 fully saturated rings. The Kier molecular flexibility index (Phi) is 8.72. The Bertz CT molecular complexity index is 375. The first-order valence-corrected chi connectivity index (χ1v) is 6.18. The van der Waals surface area contributed by atoms with E-state index in [2.05, 4.69) is 4.98 Å². The molecule has 1 atom stereocenters. The summed E-state index contributed by atoms with van der Waals surface area (Å²) in [5.41, 5.74) is 7.03. The van der Waals surface area contributed by atoms with Gasteiger partial charge in [0.15, 0.2) is 0 Å². The highest BCUT2D eigenvalue weighted by Gasteiger charge is 2.20. The second-order valence-corrected chi connectivity index (χ2v) is 4.60. The third kappa shape index (κ3) is 5.76. The Hall–Kier alpha value is -0.840. The Morgan fingerprint density at radius 1 is 1.37 bits per heavy atom. The van der Waals surface area contributed by atoms with E-state index in [4.69, 9.17) is 5.73 Å². The normalized spacial score (nSPS) is 18.2. The quantitative estimate of drug-likeness (QED) is 0.926. The summed E-state index contributed by atoms with van der Waals surface area (Å²) < 4.78 is 0. The smallest absolute Gasteiger partial charge is 0.222 e. The molecule has 6 heteroatoms. The van der Waals surface area contributed by atoms with Crippen LogP contribution in [0.1, 0.15) is 24.8 Å². The number of hydrogen-bond donors (Lipinski definition) is 1. The largest absolute Gasteiger partial charge is 0.341 e. The van der Waals surface area contributed by atoms with Crippen LogP contribution < -0.4 is 5.73 Å². The fourth-order valence-corrected chi connectivity index (χ4v) is 2.20. The molecule has 1 aliphatic heterocycles. The van der Waals surface area contributed by atoms with Crippen molar-refractivity contribution in [3.63, 3.8) is 0 Å². The van der Waals surface area contributed by atoms with E-state index in [1.54, 1.807) is 12.4 Å². The van der Waals surface area contributed by atoms with Crippen molar-refractivity contribution in [2.45, 2.75) is 31.7 Å². The lowest BCUT2D eigenvalue weighted by atomic mass is 10.1. The molecule has 1 aromatic rings. The second kappa shape index (κ2) is 9.13. The first-order chi connectivity index (χ1) is 8.25. The summed E-state index contributed by atoms with van der Waals surface area (Å²) in [5, 5.41) is 0. The molecule has 0 saturated carbocycles. The van der Waals surface area contributed by atoms with Gasteiger partial charge in [0.1, 0.15) is 0 Å². The molecule has 19 heavy (non-hydrogen) atoms. The second-order valence-electron chi connectivity index (χ2n) is 4.60. The van der Waals surface area contributed by atoms with Crippen molar-refractivity contribution in [1.29, 1.82) is 0 Å². The maximum absolute atomic E-state index is 12.0. The van der Waals surface area contributed by atoms with Crippen molar-refractivity contribution < 1.29 is 4.79 Å². The molecular weight excluding hydrogens is 285 g/mol. The van der Waals surface area contributed by atoms with Gasteiger partial charge in [-0.1, -0.05) is 0 Å². The lowest BCUT2D eigenvalue weighted by Crippen LogP contribution is -2.45. The zero-order chi connectivity index (χ0) is 12.1. The van der Waals surface area contributed by atoms with Gasteiger partial charge >= 0.3 is 0 Å². The molecule has 0 radical (unpaired) electrons. The molecular formula is C13H21Cl2N3O. The molecule has 1 amide bonds. The number of nitrogens with zero attached hydrogens (tertiary/aromatic N) is 2. The van der Waals surface area contributed by atoms with E-state index >= 15 is 0 Å². The number of rotatable bonds is 3. The minimum absolute atomic E-state index is 0. The van der Waals surface area contributed by atoms with Crippen molar-refractivity contribution in [1.82, 2.24) is 9.88 Å². The van der Waals surface area contributed by atoms with Crippen LogP contribution in [0.3, 0.4) is 0 Å². The standard InChI is InChI=1S/C13H19N3O.2ClH/c14-12-2-1-9-16(10-12)13(17)4-3-11-5-7-15-8-6-11;;/h5-8,12H,1-4,9-10,14H2;2*1H. The number of carbonyl (C=O) groups excluding carboxylic acids is 1. The van der Waals surface area contributed by atoms with Gasteiger partial charge in [0.25, 0.3) is 0 Å². The number of likely N-dealkylation sites (tertiary alicyclic amines) is 1. The first-order valence-electron chi connectivity index (χ1n) is 6.18. The number of piperidine rings is 1. The minimum Gasteiger partial charge on any atom is -0.341 e. The van der Waals surface area contributed by atoms with Gasteiger partial charge in [-0.25, -0.2) is 0 Å². The minimum atomic E-state index is 0. The molecule has 1 unspecified atom stereocenters. The number of hydrogen-bond acceptors (Lipinski definition) is 3. The topological polar surface area (TPSA) is 59.2 Å². The highest BCUT2D eigenvalue weighted by atomic mass is 35.5. The summed E-state index contributed by atoms with van der Waals surface area (Å²) >= 11 is 0. The lowest BCUT2D eigenvalue weighted by Gasteiger charge is -2.30. The molecule has 4 nitrogen and oxygen atoms in total. The van der Waals surface area contributed by atoms with E-state index in [9.17, 15) is 4.79 Å². The number of nitrogens with two attached hydrogens (primary N) is 1. The maximum atomic E-state index is 12.0. The molecule has 2 N–H and O–H groups in total. The predicted octanol–water partition coefficient (Wildman–Crippen LogP) is 1.81. The molecule has 1 aliphatic rings. The predicted molar refractivity (Wildman–Crippen MR) is 80.8 cm³/mol. The van der Waals surface area contributed by atoms with Crippen molar-refractivity contribution in [3.8, 4) is 0 Å². The number of halogens is 2. The van der Waals surface area contributed by atoms with Crippen molar-refractivity contribution in [2.75, 3.05) is 13.1 Å². The Morgan fingerprint density at radius 2 is 2.05 bits per heavy atom. The summed E-state index contributed by atoms with van der Waals surface area (Å²) in [4.78, 5) is 17.8. The van der Waals surface area contributed by atoms with E-state index in [-0.39, 0.29) is 36.8 Å². The maximum Gasteiger partial charge on any atom is 0.222 e. The van der Waals surface area contributed by atoms with Gasteiger partial charge in [0.05, 0.1) is 0 Å². The zero-order valence-corrected chi connectivity index (χ0v) is 12.5. The van der Waals surface area contributed by atoms with Crippen LogP contribution in [0.5, 0.6) is 0 Å². The molecule has 0 aliphatic carbocycles. The van der Waals surface area contributed by atoms with Gasteiger partial charge in [-0.2, -0.15) is 0 Å². The average Bonchev–Trinajstić information content (AvgIpc) is 2.37. The van der Waals surface area contributed by atoms with Crippen molar-refractivity contribution >= 4 is 30.7 Å². The van der Waals surface area contributed by atoms with Gasteiger partial charge in [-0.05, 0) is 37.0 Å². The Morgan fingerprint density at radius 3 is 2.68 bits per heavy atom. The summed E-state index contributed by atoms with van der Waals surface area (Å²) in [6.07, 6.45) is 6.94. The van der Waals surface area contributed by atoms with Crippen LogP contribution in [0, 0.1) is 0 Å². The molecule has 108 valence electrons. The van der Waals surface area contributed by atoms with E-state index in [1.807, 2.05) is 17.0 Å². The van der Waals surface area contributed by atoms with E-state index in [0.29, 0.717) is 6.42 Å². The van der Waals surface area contributed by atoms with Gasteiger partial charge in [-0.15, -0.1) is 24.8 Å². The van der Waals surface area contributed by atoms with Crippen LogP contribution in [0.25, 0.3) is 0 Å². The summed E-state index contributed by atoms with van der Waals surface area (Å²) in [7, 11) is 0. The van der Waals surface area contributed by atoms with Crippen LogP contribution in [-0.4, -0.2) is 34.9 Å². The molecule has 1 aromatic heterocycles. The molecule has 1 saturated heterocycles. The molecule has 2 rings (SSSR count). The van der Waals surface area contributed by atoms with Crippen LogP contribution in [0.2, 0.25) is 0 Å². The van der Waals surface area contributed by atoms with Crippen LogP contribution in [-0.2, 0) is 11.2 Å². The Balaban J connectivity index is 0.00000162. The van der Waals surface area contributed by atoms with Gasteiger partial charge < -0.3 is 10.6 Å². The fraction of sp³-hybridized carbons (Fsp3) is 0.538. The lowest BCUT2D eigenvalue weighted by molar-refractivity contribution is -0.132.